The van der Waals surface area contributed by atoms with Gasteiger partial charge in [0.1, 0.15) is 0 Å². The average Bonchev–Trinajstić information content (AvgIpc) is 2.45. The van der Waals surface area contributed by atoms with Crippen LogP contribution in [0.25, 0.3) is 0 Å². The third-order valence-corrected chi connectivity index (χ3v) is 4.69. The third kappa shape index (κ3) is 3.83. The van der Waals surface area contributed by atoms with E-state index in [9.17, 15) is 0 Å². The molecule has 0 spiro atoms. The molecule has 1 fully saturated rings. The number of benzene rings is 1. The monoisotopic (exact) mass is 275 g/mol. The van der Waals surface area contributed by atoms with Crippen molar-refractivity contribution in [2.75, 3.05) is 6.54 Å². The minimum atomic E-state index is 0.0350. The zero-order valence-electron chi connectivity index (χ0n) is 13.1. The zero-order chi connectivity index (χ0) is 14.5. The maximum absolute atomic E-state index is 6.45. The van der Waals surface area contributed by atoms with E-state index in [0.29, 0.717) is 24.5 Å². The molecule has 2 rings (SSSR count). The molecule has 0 radical (unpaired) electrons. The molecule has 1 aromatic rings. The van der Waals surface area contributed by atoms with E-state index >= 15 is 0 Å². The summed E-state index contributed by atoms with van der Waals surface area (Å²) in [5, 5.41) is 0. The van der Waals surface area contributed by atoms with Crippen molar-refractivity contribution in [1.29, 1.82) is 0 Å². The fourth-order valence-electron chi connectivity index (χ4n) is 3.42. The molecule has 2 nitrogen and oxygen atoms in total. The van der Waals surface area contributed by atoms with Crippen LogP contribution in [0.4, 0.5) is 0 Å². The first kappa shape index (κ1) is 15.5. The van der Waals surface area contributed by atoms with E-state index in [0.717, 1.165) is 5.92 Å². The van der Waals surface area contributed by atoms with Crippen molar-refractivity contribution in [3.8, 4) is 0 Å². The van der Waals surface area contributed by atoms with Crippen molar-refractivity contribution < 1.29 is 4.74 Å². The molecular weight excluding hydrogens is 246 g/mol. The Morgan fingerprint density at radius 1 is 1.20 bits per heavy atom. The third-order valence-electron chi connectivity index (χ3n) is 4.69. The van der Waals surface area contributed by atoms with Crippen molar-refractivity contribution in [1.82, 2.24) is 0 Å². The molecule has 1 aliphatic carbocycles. The van der Waals surface area contributed by atoms with Gasteiger partial charge >= 0.3 is 0 Å². The lowest BCUT2D eigenvalue weighted by atomic mass is 9.75. The summed E-state index contributed by atoms with van der Waals surface area (Å²) in [6, 6.07) is 10.4. The Morgan fingerprint density at radius 2 is 1.90 bits per heavy atom. The smallest absolute Gasteiger partial charge is 0.0950 e. The van der Waals surface area contributed by atoms with Gasteiger partial charge in [-0.1, -0.05) is 57.5 Å². The van der Waals surface area contributed by atoms with Crippen molar-refractivity contribution in [2.45, 2.75) is 52.2 Å². The van der Waals surface area contributed by atoms with E-state index in [1.165, 1.54) is 24.8 Å². The molecule has 112 valence electrons. The predicted molar refractivity (Wildman–Crippen MR) is 84.5 cm³/mol. The molecule has 2 N–H and O–H groups in total. The molecule has 1 aromatic carbocycles. The van der Waals surface area contributed by atoms with Gasteiger partial charge < -0.3 is 10.5 Å². The Hall–Kier alpha value is -0.860. The maximum Gasteiger partial charge on any atom is 0.0950 e. The number of hydrogen-bond acceptors (Lipinski definition) is 2. The van der Waals surface area contributed by atoms with Crippen LogP contribution in [0, 0.1) is 17.8 Å². The molecular formula is C18H29NO. The molecule has 0 amide bonds. The molecule has 0 bridgehead atoms. The normalized spacial score (nSPS) is 28.6. The van der Waals surface area contributed by atoms with E-state index in [-0.39, 0.29) is 6.10 Å². The van der Waals surface area contributed by atoms with Crippen molar-refractivity contribution in [3.05, 3.63) is 35.9 Å². The number of nitrogens with two attached hydrogens (primary N) is 1. The minimum absolute atomic E-state index is 0.0350. The second kappa shape index (κ2) is 7.24. The highest BCUT2D eigenvalue weighted by atomic mass is 16.5. The fraction of sp³-hybridized carbons (Fsp3) is 0.667. The first-order valence-corrected chi connectivity index (χ1v) is 8.02. The van der Waals surface area contributed by atoms with Crippen LogP contribution in [-0.2, 0) is 4.74 Å². The van der Waals surface area contributed by atoms with Gasteiger partial charge in [0, 0.05) is 6.54 Å². The molecule has 0 saturated heterocycles. The summed E-state index contributed by atoms with van der Waals surface area (Å²) < 4.78 is 6.45. The summed E-state index contributed by atoms with van der Waals surface area (Å²) in [5.74, 6) is 2.12. The minimum Gasteiger partial charge on any atom is -0.369 e. The average molecular weight is 275 g/mol. The summed E-state index contributed by atoms with van der Waals surface area (Å²) in [7, 11) is 0. The van der Waals surface area contributed by atoms with Crippen molar-refractivity contribution >= 4 is 0 Å². The van der Waals surface area contributed by atoms with Gasteiger partial charge in [-0.25, -0.2) is 0 Å². The van der Waals surface area contributed by atoms with Gasteiger partial charge in [0.15, 0.2) is 0 Å². The predicted octanol–water partition coefficient (Wildman–Crippen LogP) is 4.16. The second-order valence-electron chi connectivity index (χ2n) is 6.64. The number of ether oxygens (including phenoxy) is 1. The largest absolute Gasteiger partial charge is 0.369 e. The highest BCUT2D eigenvalue weighted by Crippen LogP contribution is 2.37. The lowest BCUT2D eigenvalue weighted by Crippen LogP contribution is -2.36. The quantitative estimate of drug-likeness (QED) is 0.875. The Kier molecular flexibility index (Phi) is 5.62. The molecule has 0 aromatic heterocycles. The van der Waals surface area contributed by atoms with Crippen LogP contribution < -0.4 is 5.73 Å². The molecule has 0 heterocycles. The van der Waals surface area contributed by atoms with E-state index in [2.05, 4.69) is 45.0 Å². The van der Waals surface area contributed by atoms with Crippen molar-refractivity contribution in [3.63, 3.8) is 0 Å². The van der Waals surface area contributed by atoms with Crippen LogP contribution in [-0.4, -0.2) is 12.6 Å². The van der Waals surface area contributed by atoms with Crippen molar-refractivity contribution in [2.24, 2.45) is 23.5 Å². The lowest BCUT2D eigenvalue weighted by Gasteiger charge is -2.39. The summed E-state index contributed by atoms with van der Waals surface area (Å²) in [5.41, 5.74) is 7.16. The first-order valence-electron chi connectivity index (χ1n) is 8.02. The molecule has 4 unspecified atom stereocenters. The van der Waals surface area contributed by atoms with Crippen LogP contribution >= 0.6 is 0 Å². The Morgan fingerprint density at radius 3 is 2.50 bits per heavy atom. The lowest BCUT2D eigenvalue weighted by molar-refractivity contribution is -0.0786. The van der Waals surface area contributed by atoms with Gasteiger partial charge in [-0.3, -0.25) is 0 Å². The van der Waals surface area contributed by atoms with Gasteiger partial charge in [0.25, 0.3) is 0 Å². The van der Waals surface area contributed by atoms with E-state index in [1.54, 1.807) is 0 Å². The second-order valence-corrected chi connectivity index (χ2v) is 6.64. The maximum atomic E-state index is 6.45. The Bertz CT molecular complexity index is 390. The van der Waals surface area contributed by atoms with Crippen LogP contribution in [0.3, 0.4) is 0 Å². The van der Waals surface area contributed by atoms with Gasteiger partial charge in [0.05, 0.1) is 12.2 Å². The molecule has 4 atom stereocenters. The fourth-order valence-corrected chi connectivity index (χ4v) is 3.42. The molecule has 1 aliphatic rings. The number of rotatable bonds is 5. The van der Waals surface area contributed by atoms with Crippen LogP contribution in [0.1, 0.15) is 51.7 Å². The van der Waals surface area contributed by atoms with Crippen LogP contribution in [0.2, 0.25) is 0 Å². The summed E-state index contributed by atoms with van der Waals surface area (Å²) >= 11 is 0. The van der Waals surface area contributed by atoms with Crippen LogP contribution in [0.15, 0.2) is 30.3 Å². The van der Waals surface area contributed by atoms with Gasteiger partial charge in [-0.05, 0) is 36.2 Å². The van der Waals surface area contributed by atoms with Crippen LogP contribution in [0.5, 0.6) is 0 Å². The summed E-state index contributed by atoms with van der Waals surface area (Å²) in [6.07, 6.45) is 4.18. The zero-order valence-corrected chi connectivity index (χ0v) is 13.1. The van der Waals surface area contributed by atoms with Gasteiger partial charge in [-0.15, -0.1) is 0 Å². The van der Waals surface area contributed by atoms with E-state index < -0.39 is 0 Å². The molecule has 1 saturated carbocycles. The summed E-state index contributed by atoms with van der Waals surface area (Å²) in [4.78, 5) is 0. The van der Waals surface area contributed by atoms with E-state index in [1.807, 2.05) is 6.07 Å². The standard InChI is InChI=1S/C18H29NO/c1-13(2)16-10-9-14(3)11-17(16)20-18(12-19)15-7-5-4-6-8-15/h4-8,13-14,16-18H,9-12,19H2,1-3H3. The highest BCUT2D eigenvalue weighted by molar-refractivity contribution is 5.18. The van der Waals surface area contributed by atoms with Gasteiger partial charge in [-0.2, -0.15) is 0 Å². The van der Waals surface area contributed by atoms with Gasteiger partial charge in [0.2, 0.25) is 0 Å². The topological polar surface area (TPSA) is 35.2 Å². The first-order chi connectivity index (χ1) is 9.61. The Balaban J connectivity index is 2.08. The number of hydrogen-bond donors (Lipinski definition) is 1. The van der Waals surface area contributed by atoms with E-state index in [4.69, 9.17) is 10.5 Å². The highest BCUT2D eigenvalue weighted by Gasteiger charge is 2.33. The summed E-state index contributed by atoms with van der Waals surface area (Å²) in [6.45, 7) is 7.53. The molecule has 20 heavy (non-hydrogen) atoms. The molecule has 2 heteroatoms. The molecule has 0 aliphatic heterocycles. The SMILES string of the molecule is CC1CCC(C(C)C)C(OC(CN)c2ccccc2)C1. The Labute approximate surface area is 123 Å².